The van der Waals surface area contributed by atoms with Crippen molar-refractivity contribution in [2.24, 2.45) is 0 Å². The summed E-state index contributed by atoms with van der Waals surface area (Å²) in [5.41, 5.74) is 1.07. The number of anilines is 1. The molecule has 0 aliphatic carbocycles. The second-order valence-corrected chi connectivity index (χ2v) is 5.15. The zero-order chi connectivity index (χ0) is 12.1. The summed E-state index contributed by atoms with van der Waals surface area (Å²) < 4.78 is 0. The van der Waals surface area contributed by atoms with Crippen LogP contribution in [0.3, 0.4) is 0 Å². The summed E-state index contributed by atoms with van der Waals surface area (Å²) in [7, 11) is 0. The monoisotopic (exact) mass is 252 g/mol. The third kappa shape index (κ3) is 3.62. The summed E-state index contributed by atoms with van der Waals surface area (Å²) in [6, 6.07) is 8.57. The third-order valence-electron chi connectivity index (χ3n) is 3.36. The van der Waals surface area contributed by atoms with E-state index in [9.17, 15) is 0 Å². The van der Waals surface area contributed by atoms with Gasteiger partial charge in [-0.1, -0.05) is 30.7 Å². The van der Waals surface area contributed by atoms with Crippen LogP contribution < -0.4 is 5.32 Å². The standard InChI is InChI=1S/C14H21ClN2/c1-2-9-17-10-7-12(8-11-17)16-14-6-4-3-5-13(14)15/h3-6,12,16H,2,7-11H2,1H3. The van der Waals surface area contributed by atoms with Crippen LogP contribution in [0.15, 0.2) is 24.3 Å². The highest BCUT2D eigenvalue weighted by atomic mass is 35.5. The van der Waals surface area contributed by atoms with E-state index in [0.717, 1.165) is 10.7 Å². The maximum atomic E-state index is 6.15. The van der Waals surface area contributed by atoms with Crippen molar-refractivity contribution in [1.82, 2.24) is 4.90 Å². The molecule has 2 rings (SSSR count). The number of nitrogens with zero attached hydrogens (tertiary/aromatic N) is 1. The highest BCUT2D eigenvalue weighted by Crippen LogP contribution is 2.23. The SMILES string of the molecule is CCCN1CCC(Nc2ccccc2Cl)CC1. The summed E-state index contributed by atoms with van der Waals surface area (Å²) in [5.74, 6) is 0. The van der Waals surface area contributed by atoms with Crippen LogP contribution in [0, 0.1) is 0 Å². The topological polar surface area (TPSA) is 15.3 Å². The minimum Gasteiger partial charge on any atom is -0.381 e. The average Bonchev–Trinajstić information content (AvgIpc) is 2.35. The Hall–Kier alpha value is -0.730. The molecular weight excluding hydrogens is 232 g/mol. The summed E-state index contributed by atoms with van der Waals surface area (Å²) in [6.07, 6.45) is 3.68. The van der Waals surface area contributed by atoms with Gasteiger partial charge in [-0.3, -0.25) is 0 Å². The van der Waals surface area contributed by atoms with Crippen molar-refractivity contribution in [3.05, 3.63) is 29.3 Å². The molecule has 1 aromatic carbocycles. The zero-order valence-corrected chi connectivity index (χ0v) is 11.2. The smallest absolute Gasteiger partial charge is 0.0637 e. The number of hydrogen-bond acceptors (Lipinski definition) is 2. The van der Waals surface area contributed by atoms with Crippen molar-refractivity contribution in [3.63, 3.8) is 0 Å². The Morgan fingerprint density at radius 2 is 2.00 bits per heavy atom. The Balaban J connectivity index is 1.84. The molecule has 0 bridgehead atoms. The highest BCUT2D eigenvalue weighted by molar-refractivity contribution is 6.33. The van der Waals surface area contributed by atoms with Crippen molar-refractivity contribution < 1.29 is 0 Å². The molecule has 0 saturated carbocycles. The number of piperidine rings is 1. The van der Waals surface area contributed by atoms with Crippen LogP contribution in [0.2, 0.25) is 5.02 Å². The molecule has 1 heterocycles. The molecule has 1 saturated heterocycles. The molecule has 2 nitrogen and oxygen atoms in total. The van der Waals surface area contributed by atoms with Gasteiger partial charge in [-0.15, -0.1) is 0 Å². The number of para-hydroxylation sites is 1. The molecule has 3 heteroatoms. The number of benzene rings is 1. The van der Waals surface area contributed by atoms with Crippen molar-refractivity contribution in [2.75, 3.05) is 25.0 Å². The van der Waals surface area contributed by atoms with Gasteiger partial charge in [-0.2, -0.15) is 0 Å². The van der Waals surface area contributed by atoms with Crippen LogP contribution in [-0.2, 0) is 0 Å². The summed E-state index contributed by atoms with van der Waals surface area (Å²) in [4.78, 5) is 2.55. The molecule has 0 spiro atoms. The predicted octanol–water partition coefficient (Wildman–Crippen LogP) is 3.63. The lowest BCUT2D eigenvalue weighted by atomic mass is 10.0. The van der Waals surface area contributed by atoms with E-state index in [-0.39, 0.29) is 0 Å². The van der Waals surface area contributed by atoms with Crippen LogP contribution in [0.4, 0.5) is 5.69 Å². The van der Waals surface area contributed by atoms with E-state index in [4.69, 9.17) is 11.6 Å². The molecule has 1 aliphatic rings. The minimum absolute atomic E-state index is 0.572. The lowest BCUT2D eigenvalue weighted by molar-refractivity contribution is 0.219. The molecule has 0 radical (unpaired) electrons. The normalized spacial score (nSPS) is 18.2. The van der Waals surface area contributed by atoms with Crippen LogP contribution in [0.1, 0.15) is 26.2 Å². The van der Waals surface area contributed by atoms with Gasteiger partial charge < -0.3 is 10.2 Å². The molecule has 0 aromatic heterocycles. The first-order valence-electron chi connectivity index (χ1n) is 6.53. The van der Waals surface area contributed by atoms with E-state index in [1.807, 2.05) is 18.2 Å². The second-order valence-electron chi connectivity index (χ2n) is 4.74. The number of nitrogens with one attached hydrogen (secondary N) is 1. The van der Waals surface area contributed by atoms with E-state index >= 15 is 0 Å². The first-order valence-corrected chi connectivity index (χ1v) is 6.91. The number of rotatable bonds is 4. The van der Waals surface area contributed by atoms with Gasteiger partial charge in [0.25, 0.3) is 0 Å². The Morgan fingerprint density at radius 3 is 2.65 bits per heavy atom. The van der Waals surface area contributed by atoms with E-state index in [1.165, 1.54) is 38.9 Å². The predicted molar refractivity (Wildman–Crippen MR) is 74.8 cm³/mol. The van der Waals surface area contributed by atoms with Gasteiger partial charge >= 0.3 is 0 Å². The Labute approximate surface area is 109 Å². The first-order chi connectivity index (χ1) is 8.29. The van der Waals surface area contributed by atoms with Crippen LogP contribution in [-0.4, -0.2) is 30.6 Å². The fourth-order valence-corrected chi connectivity index (χ4v) is 2.61. The maximum absolute atomic E-state index is 6.15. The number of hydrogen-bond donors (Lipinski definition) is 1. The molecule has 0 atom stereocenters. The van der Waals surface area contributed by atoms with Gasteiger partial charge in [0.15, 0.2) is 0 Å². The molecule has 17 heavy (non-hydrogen) atoms. The van der Waals surface area contributed by atoms with Crippen LogP contribution in [0.25, 0.3) is 0 Å². The fourth-order valence-electron chi connectivity index (χ4n) is 2.42. The van der Waals surface area contributed by atoms with Crippen LogP contribution >= 0.6 is 11.6 Å². The molecule has 1 fully saturated rings. The summed E-state index contributed by atoms with van der Waals surface area (Å²) in [5, 5.41) is 4.38. The quantitative estimate of drug-likeness (QED) is 0.881. The van der Waals surface area contributed by atoms with Gasteiger partial charge in [0.1, 0.15) is 0 Å². The Morgan fingerprint density at radius 1 is 1.29 bits per heavy atom. The highest BCUT2D eigenvalue weighted by Gasteiger charge is 2.18. The molecular formula is C14H21ClN2. The molecule has 0 unspecified atom stereocenters. The van der Waals surface area contributed by atoms with Gasteiger partial charge in [0.2, 0.25) is 0 Å². The van der Waals surface area contributed by atoms with Gasteiger partial charge in [0, 0.05) is 19.1 Å². The molecule has 1 aliphatic heterocycles. The lowest BCUT2D eigenvalue weighted by Crippen LogP contribution is -2.39. The van der Waals surface area contributed by atoms with Gasteiger partial charge in [0.05, 0.1) is 10.7 Å². The summed E-state index contributed by atoms with van der Waals surface area (Å²) >= 11 is 6.15. The minimum atomic E-state index is 0.572. The molecule has 1 N–H and O–H groups in total. The van der Waals surface area contributed by atoms with Gasteiger partial charge in [-0.05, 0) is 37.9 Å². The Bertz CT molecular complexity index is 346. The molecule has 1 aromatic rings. The van der Waals surface area contributed by atoms with Gasteiger partial charge in [-0.25, -0.2) is 0 Å². The third-order valence-corrected chi connectivity index (χ3v) is 3.69. The molecule has 94 valence electrons. The van der Waals surface area contributed by atoms with Crippen LogP contribution in [0.5, 0.6) is 0 Å². The van der Waals surface area contributed by atoms with E-state index in [1.54, 1.807) is 0 Å². The number of likely N-dealkylation sites (tertiary alicyclic amines) is 1. The van der Waals surface area contributed by atoms with E-state index < -0.39 is 0 Å². The van der Waals surface area contributed by atoms with Crippen molar-refractivity contribution >= 4 is 17.3 Å². The lowest BCUT2D eigenvalue weighted by Gasteiger charge is -2.32. The second kappa shape index (κ2) is 6.27. The average molecular weight is 253 g/mol. The maximum Gasteiger partial charge on any atom is 0.0637 e. The zero-order valence-electron chi connectivity index (χ0n) is 10.5. The molecule has 0 amide bonds. The fraction of sp³-hybridized carbons (Fsp3) is 0.571. The van der Waals surface area contributed by atoms with E-state index in [2.05, 4.69) is 23.2 Å². The van der Waals surface area contributed by atoms with Crippen molar-refractivity contribution in [1.29, 1.82) is 0 Å². The van der Waals surface area contributed by atoms with E-state index in [0.29, 0.717) is 6.04 Å². The Kier molecular flexibility index (Phi) is 4.69. The first kappa shape index (κ1) is 12.7. The number of halogens is 1. The van der Waals surface area contributed by atoms with Crippen molar-refractivity contribution in [2.45, 2.75) is 32.2 Å². The largest absolute Gasteiger partial charge is 0.381 e. The summed E-state index contributed by atoms with van der Waals surface area (Å²) in [6.45, 7) is 5.89. The van der Waals surface area contributed by atoms with Crippen molar-refractivity contribution in [3.8, 4) is 0 Å².